The Balaban J connectivity index is 1.61. The Kier molecular flexibility index (Phi) is 8.63. The molecule has 1 unspecified atom stereocenters. The maximum Gasteiger partial charge on any atom is 0.165 e. The normalized spacial score (nSPS) is 19.7. The molecule has 3 N–H and O–H groups in total. The van der Waals surface area contributed by atoms with Crippen molar-refractivity contribution >= 4 is 12.8 Å². The predicted molar refractivity (Wildman–Crippen MR) is 145 cm³/mol. The number of rotatable bonds is 11. The van der Waals surface area contributed by atoms with Gasteiger partial charge in [-0.25, -0.2) is 9.38 Å². The molecular formula is C28H37FN6O3. The molecule has 2 heterocycles. The Labute approximate surface area is 222 Å². The van der Waals surface area contributed by atoms with Crippen LogP contribution >= 0.6 is 0 Å². The lowest BCUT2D eigenvalue weighted by Crippen LogP contribution is -2.34. The van der Waals surface area contributed by atoms with E-state index in [0.29, 0.717) is 18.1 Å². The van der Waals surface area contributed by atoms with Crippen LogP contribution in [0.5, 0.6) is 5.75 Å². The van der Waals surface area contributed by atoms with Crippen LogP contribution in [0.4, 0.5) is 4.39 Å². The average molecular weight is 525 g/mol. The highest BCUT2D eigenvalue weighted by Crippen LogP contribution is 2.35. The van der Waals surface area contributed by atoms with Gasteiger partial charge < -0.3 is 20.3 Å². The molecule has 1 aromatic carbocycles. The fourth-order valence-corrected chi connectivity index (χ4v) is 4.82. The number of nitrogens with one attached hydrogen (secondary N) is 1. The first-order chi connectivity index (χ1) is 18.2. The van der Waals surface area contributed by atoms with Crippen molar-refractivity contribution in [1.29, 1.82) is 0 Å². The summed E-state index contributed by atoms with van der Waals surface area (Å²) < 4.78 is 23.7. The van der Waals surface area contributed by atoms with E-state index in [9.17, 15) is 14.6 Å². The molecule has 4 rings (SSSR count). The number of nitrogens with zero attached hydrogens (tertiary/aromatic N) is 5. The Hall–Kier alpha value is -3.50. The van der Waals surface area contributed by atoms with Gasteiger partial charge in [0, 0.05) is 29.9 Å². The number of hydrogen-bond donors (Lipinski definition) is 3. The number of halogens is 1. The van der Waals surface area contributed by atoms with E-state index in [1.165, 1.54) is 6.07 Å². The second-order valence-electron chi connectivity index (χ2n) is 10.1. The summed E-state index contributed by atoms with van der Waals surface area (Å²) >= 11 is 0. The van der Waals surface area contributed by atoms with Crippen molar-refractivity contribution in [2.75, 3.05) is 13.2 Å². The van der Waals surface area contributed by atoms with Gasteiger partial charge in [-0.05, 0) is 65.3 Å². The fraction of sp³-hybridized carbons (Fsp3) is 0.464. The van der Waals surface area contributed by atoms with Gasteiger partial charge in [0.2, 0.25) is 0 Å². The van der Waals surface area contributed by atoms with Crippen LogP contribution in [0.2, 0.25) is 0 Å². The molecule has 0 bridgehead atoms. The first-order valence-electron chi connectivity index (χ1n) is 13.0. The van der Waals surface area contributed by atoms with Crippen molar-refractivity contribution in [3.8, 4) is 17.0 Å². The monoisotopic (exact) mass is 524 g/mol. The third-order valence-electron chi connectivity index (χ3n) is 6.87. The average Bonchev–Trinajstić information content (AvgIpc) is 3.49. The minimum atomic E-state index is -1.27. The molecule has 38 heavy (non-hydrogen) atoms. The van der Waals surface area contributed by atoms with Gasteiger partial charge in [0.25, 0.3) is 0 Å². The molecule has 9 nitrogen and oxygen atoms in total. The Morgan fingerprint density at radius 3 is 2.71 bits per heavy atom. The SMILES string of the molecule is C=N/C(=C\c1c(C)c(-c2cnn(CC(C)(O)CO)c2)nn1C1CCC(Oc2ccccc2F)CC1)NCC. The molecule has 0 amide bonds. The van der Waals surface area contributed by atoms with Gasteiger partial charge >= 0.3 is 0 Å². The quantitative estimate of drug-likeness (QED) is 0.326. The van der Waals surface area contributed by atoms with Crippen LogP contribution in [0.3, 0.4) is 0 Å². The summed E-state index contributed by atoms with van der Waals surface area (Å²) in [5, 5.41) is 32.3. The Morgan fingerprint density at radius 1 is 1.32 bits per heavy atom. The third-order valence-corrected chi connectivity index (χ3v) is 6.87. The number of aromatic nitrogens is 4. The summed E-state index contributed by atoms with van der Waals surface area (Å²) in [7, 11) is 0. The number of aliphatic hydroxyl groups is 2. The molecule has 10 heteroatoms. The van der Waals surface area contributed by atoms with Crippen molar-refractivity contribution in [3.63, 3.8) is 0 Å². The number of aliphatic hydroxyl groups excluding tert-OH is 1. The molecule has 1 fully saturated rings. The fourth-order valence-electron chi connectivity index (χ4n) is 4.82. The maximum atomic E-state index is 14.1. The second-order valence-corrected chi connectivity index (χ2v) is 10.1. The van der Waals surface area contributed by atoms with Crippen LogP contribution in [0.15, 0.2) is 47.5 Å². The van der Waals surface area contributed by atoms with Gasteiger partial charge in [0.15, 0.2) is 11.6 Å². The highest BCUT2D eigenvalue weighted by molar-refractivity contribution is 5.68. The summed E-state index contributed by atoms with van der Waals surface area (Å²) in [5.74, 6) is 0.610. The topological polar surface area (TPSA) is 110 Å². The predicted octanol–water partition coefficient (Wildman–Crippen LogP) is 4.11. The van der Waals surface area contributed by atoms with Gasteiger partial charge in [-0.1, -0.05) is 12.1 Å². The number of benzene rings is 1. The van der Waals surface area contributed by atoms with E-state index in [4.69, 9.17) is 9.84 Å². The lowest BCUT2D eigenvalue weighted by molar-refractivity contribution is -0.0145. The van der Waals surface area contributed by atoms with Crippen molar-refractivity contribution in [2.45, 2.75) is 70.7 Å². The van der Waals surface area contributed by atoms with Crippen molar-refractivity contribution in [1.82, 2.24) is 24.9 Å². The van der Waals surface area contributed by atoms with Gasteiger partial charge in [-0.3, -0.25) is 9.36 Å². The van der Waals surface area contributed by atoms with Gasteiger partial charge in [-0.2, -0.15) is 10.2 Å². The number of para-hydroxylation sites is 1. The van der Waals surface area contributed by atoms with E-state index in [-0.39, 0.29) is 31.1 Å². The summed E-state index contributed by atoms with van der Waals surface area (Å²) in [5.41, 5.74) is 2.23. The van der Waals surface area contributed by atoms with E-state index in [2.05, 4.69) is 22.1 Å². The molecule has 0 aliphatic heterocycles. The van der Waals surface area contributed by atoms with Crippen LogP contribution in [0.1, 0.15) is 56.8 Å². The Morgan fingerprint density at radius 2 is 2.05 bits per heavy atom. The van der Waals surface area contributed by atoms with E-state index in [0.717, 1.165) is 48.2 Å². The highest BCUT2D eigenvalue weighted by atomic mass is 19.1. The number of aliphatic imine (C=N–C) groups is 1. The highest BCUT2D eigenvalue weighted by Gasteiger charge is 2.28. The van der Waals surface area contributed by atoms with Crippen LogP contribution in [0, 0.1) is 12.7 Å². The van der Waals surface area contributed by atoms with Crippen LogP contribution in [-0.4, -0.2) is 61.3 Å². The smallest absolute Gasteiger partial charge is 0.165 e. The van der Waals surface area contributed by atoms with E-state index in [1.54, 1.807) is 36.0 Å². The van der Waals surface area contributed by atoms with E-state index in [1.807, 2.05) is 30.8 Å². The lowest BCUT2D eigenvalue weighted by atomic mass is 9.92. The van der Waals surface area contributed by atoms with Gasteiger partial charge in [-0.15, -0.1) is 0 Å². The maximum absolute atomic E-state index is 14.1. The van der Waals surface area contributed by atoms with Crippen molar-refractivity contribution < 1.29 is 19.3 Å². The minimum absolute atomic E-state index is 0.0528. The Bertz CT molecular complexity index is 1270. The zero-order valence-corrected chi connectivity index (χ0v) is 22.3. The van der Waals surface area contributed by atoms with Crippen molar-refractivity contribution in [3.05, 3.63) is 59.6 Å². The molecule has 2 aromatic heterocycles. The summed E-state index contributed by atoms with van der Waals surface area (Å²) in [6, 6.07) is 6.64. The molecule has 3 aromatic rings. The molecule has 1 atom stereocenters. The summed E-state index contributed by atoms with van der Waals surface area (Å²) in [6.45, 7) is 9.79. The molecule has 0 radical (unpaired) electrons. The van der Waals surface area contributed by atoms with Crippen LogP contribution in [0.25, 0.3) is 17.3 Å². The minimum Gasteiger partial charge on any atom is -0.487 e. The lowest BCUT2D eigenvalue weighted by Gasteiger charge is -2.30. The zero-order chi connectivity index (χ0) is 27.3. The van der Waals surface area contributed by atoms with Crippen molar-refractivity contribution in [2.24, 2.45) is 4.99 Å². The third kappa shape index (κ3) is 6.31. The van der Waals surface area contributed by atoms with Gasteiger partial charge in [0.05, 0.1) is 42.9 Å². The molecule has 204 valence electrons. The largest absolute Gasteiger partial charge is 0.487 e. The molecule has 0 spiro atoms. The molecular weight excluding hydrogens is 487 g/mol. The van der Waals surface area contributed by atoms with Gasteiger partial charge in [0.1, 0.15) is 11.4 Å². The molecule has 1 aliphatic carbocycles. The molecule has 1 saturated carbocycles. The van der Waals surface area contributed by atoms with Crippen LogP contribution in [-0.2, 0) is 6.54 Å². The molecule has 1 aliphatic rings. The van der Waals surface area contributed by atoms with E-state index >= 15 is 0 Å². The summed E-state index contributed by atoms with van der Waals surface area (Å²) in [6.07, 6.45) is 8.68. The zero-order valence-electron chi connectivity index (χ0n) is 22.3. The first kappa shape index (κ1) is 27.5. The first-order valence-corrected chi connectivity index (χ1v) is 13.0. The second kappa shape index (κ2) is 11.9. The van der Waals surface area contributed by atoms with Crippen LogP contribution < -0.4 is 10.1 Å². The summed E-state index contributed by atoms with van der Waals surface area (Å²) in [4.78, 5) is 4.14. The van der Waals surface area contributed by atoms with E-state index < -0.39 is 5.60 Å². The molecule has 0 saturated heterocycles. The standard InChI is InChI=1S/C28H37FN6O3/c1-5-31-26(30-4)14-24-19(2)27(20-15-32-34(16-20)17-28(3,37)18-36)33-35(24)21-10-12-22(13-11-21)38-25-9-7-6-8-23(25)29/h6-9,14-16,21-22,31,36-37H,4-5,10-13,17-18H2,1-3H3/b26-14+. The number of hydrogen-bond acceptors (Lipinski definition) is 7. The number of ether oxygens (including phenoxy) is 1.